The number of carbonyl (C=O) groups is 2. The van der Waals surface area contributed by atoms with Gasteiger partial charge in [-0.3, -0.25) is 9.59 Å². The lowest BCUT2D eigenvalue weighted by Gasteiger charge is -2.17. The van der Waals surface area contributed by atoms with Gasteiger partial charge < -0.3 is 10.4 Å². The Labute approximate surface area is 94.8 Å². The van der Waals surface area contributed by atoms with Gasteiger partial charge >= 0.3 is 5.97 Å². The van der Waals surface area contributed by atoms with Gasteiger partial charge in [-0.15, -0.1) is 11.8 Å². The van der Waals surface area contributed by atoms with Gasteiger partial charge in [-0.1, -0.05) is 27.7 Å². The number of aliphatic carboxylic acids is 1. The molecule has 0 bridgehead atoms. The Morgan fingerprint density at radius 3 is 2.33 bits per heavy atom. The second-order valence-electron chi connectivity index (χ2n) is 4.44. The second kappa shape index (κ2) is 6.00. The van der Waals surface area contributed by atoms with E-state index in [4.69, 9.17) is 5.11 Å². The van der Waals surface area contributed by atoms with Gasteiger partial charge in [0.05, 0.1) is 11.7 Å². The van der Waals surface area contributed by atoms with E-state index in [2.05, 4.69) is 5.32 Å². The molecular weight excluding hydrogens is 214 g/mol. The van der Waals surface area contributed by atoms with Crippen LogP contribution in [-0.4, -0.2) is 34.0 Å². The number of hydrogen-bond donors (Lipinski definition) is 2. The average molecular weight is 233 g/mol. The van der Waals surface area contributed by atoms with Crippen molar-refractivity contribution in [2.45, 2.75) is 32.4 Å². The van der Waals surface area contributed by atoms with E-state index in [0.717, 1.165) is 0 Å². The smallest absolute Gasteiger partial charge is 0.308 e. The molecule has 0 aliphatic rings. The van der Waals surface area contributed by atoms with Crippen LogP contribution in [0.15, 0.2) is 0 Å². The van der Waals surface area contributed by atoms with Crippen molar-refractivity contribution in [3.8, 4) is 0 Å². The molecule has 0 saturated heterocycles. The predicted octanol–water partition coefficient (Wildman–Crippen LogP) is 1.36. The van der Waals surface area contributed by atoms with Crippen LogP contribution in [-0.2, 0) is 9.59 Å². The zero-order valence-electron chi connectivity index (χ0n) is 9.66. The number of nitrogens with one attached hydrogen (secondary N) is 1. The van der Waals surface area contributed by atoms with Crippen molar-refractivity contribution < 1.29 is 14.7 Å². The molecule has 0 aliphatic heterocycles. The van der Waals surface area contributed by atoms with Crippen LogP contribution in [0.25, 0.3) is 0 Å². The van der Waals surface area contributed by atoms with Crippen LogP contribution in [0, 0.1) is 5.92 Å². The molecule has 0 spiro atoms. The maximum Gasteiger partial charge on any atom is 0.308 e. The Morgan fingerprint density at radius 1 is 1.40 bits per heavy atom. The van der Waals surface area contributed by atoms with E-state index in [1.54, 1.807) is 18.7 Å². The van der Waals surface area contributed by atoms with Crippen molar-refractivity contribution in [2.75, 3.05) is 12.3 Å². The Morgan fingerprint density at radius 2 is 1.93 bits per heavy atom. The molecule has 0 fully saturated rings. The van der Waals surface area contributed by atoms with Gasteiger partial charge in [-0.25, -0.2) is 0 Å². The molecule has 5 heteroatoms. The van der Waals surface area contributed by atoms with Crippen molar-refractivity contribution in [3.63, 3.8) is 0 Å². The van der Waals surface area contributed by atoms with Crippen molar-refractivity contribution >= 4 is 23.6 Å². The van der Waals surface area contributed by atoms with Crippen LogP contribution < -0.4 is 5.32 Å². The summed E-state index contributed by atoms with van der Waals surface area (Å²) in [7, 11) is 0. The molecule has 0 aromatic rings. The van der Waals surface area contributed by atoms with E-state index < -0.39 is 11.9 Å². The molecule has 2 N–H and O–H groups in total. The van der Waals surface area contributed by atoms with Gasteiger partial charge in [0.15, 0.2) is 0 Å². The van der Waals surface area contributed by atoms with E-state index in [1.165, 1.54) is 0 Å². The van der Waals surface area contributed by atoms with Gasteiger partial charge in [-0.2, -0.15) is 0 Å². The first-order valence-electron chi connectivity index (χ1n) is 4.86. The largest absolute Gasteiger partial charge is 0.481 e. The Bertz CT molecular complexity index is 235. The fourth-order valence-corrected chi connectivity index (χ4v) is 1.35. The zero-order valence-corrected chi connectivity index (χ0v) is 10.5. The Kier molecular flexibility index (Phi) is 5.72. The normalized spacial score (nSPS) is 13.3. The summed E-state index contributed by atoms with van der Waals surface area (Å²) < 4.78 is 0.0513. The van der Waals surface area contributed by atoms with Crippen LogP contribution >= 0.6 is 11.8 Å². The SMILES string of the molecule is CC(CNC(=O)CSC(C)(C)C)C(=O)O. The number of rotatable bonds is 5. The minimum Gasteiger partial charge on any atom is -0.481 e. The quantitative estimate of drug-likeness (QED) is 0.752. The second-order valence-corrected chi connectivity index (χ2v) is 6.25. The van der Waals surface area contributed by atoms with Gasteiger partial charge in [0, 0.05) is 11.3 Å². The number of carbonyl (C=O) groups excluding carboxylic acids is 1. The topological polar surface area (TPSA) is 66.4 Å². The standard InChI is InChI=1S/C10H19NO3S/c1-7(9(13)14)5-11-8(12)6-15-10(2,3)4/h7H,5-6H2,1-4H3,(H,11,12)(H,13,14). The predicted molar refractivity (Wildman–Crippen MR) is 62.0 cm³/mol. The molecule has 1 amide bonds. The van der Waals surface area contributed by atoms with Gasteiger partial charge in [-0.05, 0) is 0 Å². The van der Waals surface area contributed by atoms with Gasteiger partial charge in [0.2, 0.25) is 5.91 Å². The van der Waals surface area contributed by atoms with E-state index in [0.29, 0.717) is 5.75 Å². The molecule has 88 valence electrons. The summed E-state index contributed by atoms with van der Waals surface area (Å²) in [6.07, 6.45) is 0. The molecule has 0 heterocycles. The summed E-state index contributed by atoms with van der Waals surface area (Å²) in [4.78, 5) is 21.8. The fourth-order valence-electron chi connectivity index (χ4n) is 0.687. The molecule has 0 aliphatic carbocycles. The molecule has 4 nitrogen and oxygen atoms in total. The molecule has 15 heavy (non-hydrogen) atoms. The summed E-state index contributed by atoms with van der Waals surface area (Å²) >= 11 is 1.54. The zero-order chi connectivity index (χ0) is 12.1. The monoisotopic (exact) mass is 233 g/mol. The number of carboxylic acids is 1. The van der Waals surface area contributed by atoms with E-state index >= 15 is 0 Å². The Hall–Kier alpha value is -0.710. The minimum atomic E-state index is -0.890. The highest BCUT2D eigenvalue weighted by Crippen LogP contribution is 2.22. The average Bonchev–Trinajstić information content (AvgIpc) is 2.09. The van der Waals surface area contributed by atoms with E-state index in [1.807, 2.05) is 20.8 Å². The first kappa shape index (κ1) is 14.3. The minimum absolute atomic E-state index is 0.0513. The van der Waals surface area contributed by atoms with Crippen LogP contribution in [0.5, 0.6) is 0 Å². The molecular formula is C10H19NO3S. The molecule has 0 rings (SSSR count). The summed E-state index contributed by atoms with van der Waals surface area (Å²) in [5, 5.41) is 11.2. The molecule has 0 radical (unpaired) electrons. The number of hydrogen-bond acceptors (Lipinski definition) is 3. The summed E-state index contributed by atoms with van der Waals surface area (Å²) in [5.74, 6) is -1.16. The van der Waals surface area contributed by atoms with E-state index in [9.17, 15) is 9.59 Å². The molecule has 0 aromatic heterocycles. The first-order valence-corrected chi connectivity index (χ1v) is 5.84. The summed E-state index contributed by atoms with van der Waals surface area (Å²) in [6, 6.07) is 0. The highest BCUT2D eigenvalue weighted by molar-refractivity contribution is 8.01. The van der Waals surface area contributed by atoms with Gasteiger partial charge in [0.25, 0.3) is 0 Å². The van der Waals surface area contributed by atoms with Crippen molar-refractivity contribution in [1.29, 1.82) is 0 Å². The first-order chi connectivity index (χ1) is 6.72. The number of amides is 1. The Balaban J connectivity index is 3.72. The molecule has 1 unspecified atom stereocenters. The van der Waals surface area contributed by atoms with Crippen LogP contribution in [0.2, 0.25) is 0 Å². The third-order valence-corrected chi connectivity index (χ3v) is 2.94. The third-order valence-electron chi connectivity index (χ3n) is 1.66. The van der Waals surface area contributed by atoms with Crippen molar-refractivity contribution in [1.82, 2.24) is 5.32 Å². The molecule has 1 atom stereocenters. The van der Waals surface area contributed by atoms with Crippen molar-refractivity contribution in [3.05, 3.63) is 0 Å². The van der Waals surface area contributed by atoms with Crippen LogP contribution in [0.4, 0.5) is 0 Å². The van der Waals surface area contributed by atoms with Crippen LogP contribution in [0.3, 0.4) is 0 Å². The lowest BCUT2D eigenvalue weighted by molar-refractivity contribution is -0.141. The number of carboxylic acid groups (broad SMARTS) is 1. The molecule has 0 saturated carbocycles. The lowest BCUT2D eigenvalue weighted by Crippen LogP contribution is -2.33. The lowest BCUT2D eigenvalue weighted by atomic mass is 10.2. The number of thioether (sulfide) groups is 1. The summed E-state index contributed by atoms with van der Waals surface area (Å²) in [5.41, 5.74) is 0. The highest BCUT2D eigenvalue weighted by Gasteiger charge is 2.15. The van der Waals surface area contributed by atoms with Gasteiger partial charge in [0.1, 0.15) is 0 Å². The third kappa shape index (κ3) is 8.30. The molecule has 0 aromatic carbocycles. The fraction of sp³-hybridized carbons (Fsp3) is 0.800. The maximum atomic E-state index is 11.3. The van der Waals surface area contributed by atoms with Crippen LogP contribution in [0.1, 0.15) is 27.7 Å². The highest BCUT2D eigenvalue weighted by atomic mass is 32.2. The summed E-state index contributed by atoms with van der Waals surface area (Å²) in [6.45, 7) is 7.86. The van der Waals surface area contributed by atoms with Crippen molar-refractivity contribution in [2.24, 2.45) is 5.92 Å². The van der Waals surface area contributed by atoms with E-state index in [-0.39, 0.29) is 17.2 Å². The maximum absolute atomic E-state index is 11.3.